The maximum atomic E-state index is 12.4. The van der Waals surface area contributed by atoms with Gasteiger partial charge in [0.05, 0.1) is 18.3 Å². The molecule has 2 aliphatic rings. The van der Waals surface area contributed by atoms with Gasteiger partial charge in [-0.25, -0.2) is 9.78 Å². The molecular weight excluding hydrogens is 494 g/mol. The van der Waals surface area contributed by atoms with Crippen molar-refractivity contribution in [3.8, 4) is 16.3 Å². The minimum absolute atomic E-state index is 0.108. The summed E-state index contributed by atoms with van der Waals surface area (Å²) in [6, 6.07) is 18.6. The lowest BCUT2D eigenvalue weighted by Crippen LogP contribution is -2.31. The number of carbonyl (C=O) groups is 1. The number of aryl methyl sites for hydroxylation is 1. The Labute approximate surface area is 231 Å². The Balaban J connectivity index is 0.00000164. The summed E-state index contributed by atoms with van der Waals surface area (Å²) in [5.41, 5.74) is 3.04. The first-order valence-electron chi connectivity index (χ1n) is 14.1. The van der Waals surface area contributed by atoms with E-state index in [4.69, 9.17) is 14.5 Å². The average molecular weight is 536 g/mol. The number of hydrogen-bond donors (Lipinski definition) is 1. The predicted octanol–water partition coefficient (Wildman–Crippen LogP) is 7.39. The Morgan fingerprint density at radius 2 is 1.87 bits per heavy atom. The van der Waals surface area contributed by atoms with Crippen LogP contribution in [0.1, 0.15) is 75.1 Å². The van der Waals surface area contributed by atoms with Gasteiger partial charge < -0.3 is 19.7 Å². The largest absolute Gasteiger partial charge is 0.494 e. The molecule has 204 valence electrons. The van der Waals surface area contributed by atoms with Crippen LogP contribution >= 0.6 is 11.3 Å². The highest BCUT2D eigenvalue weighted by Gasteiger charge is 2.27. The minimum atomic E-state index is -0.396. The molecule has 2 heterocycles. The number of nitrogens with one attached hydrogen (secondary N) is 1. The van der Waals surface area contributed by atoms with Gasteiger partial charge in [-0.1, -0.05) is 44.2 Å². The number of aromatic nitrogens is 1. The Morgan fingerprint density at radius 1 is 1.08 bits per heavy atom. The molecule has 5 rings (SSSR count). The molecule has 1 aliphatic carbocycles. The summed E-state index contributed by atoms with van der Waals surface area (Å²) in [5.74, 6) is 0.898. The Hall–Kier alpha value is -2.90. The van der Waals surface area contributed by atoms with Crippen LogP contribution in [0.25, 0.3) is 10.6 Å². The quantitative estimate of drug-likeness (QED) is 0.289. The molecule has 0 bridgehead atoms. The lowest BCUT2D eigenvalue weighted by Gasteiger charge is -2.22. The van der Waals surface area contributed by atoms with Gasteiger partial charge in [0.25, 0.3) is 0 Å². The van der Waals surface area contributed by atoms with Crippen LogP contribution in [0.4, 0.5) is 4.79 Å². The third kappa shape index (κ3) is 7.58. The van der Waals surface area contributed by atoms with Gasteiger partial charge in [-0.15, -0.1) is 11.3 Å². The number of benzene rings is 2. The van der Waals surface area contributed by atoms with E-state index in [0.717, 1.165) is 66.4 Å². The summed E-state index contributed by atoms with van der Waals surface area (Å²) in [6.07, 6.45) is 6.19. The van der Waals surface area contributed by atoms with E-state index in [9.17, 15) is 4.79 Å². The van der Waals surface area contributed by atoms with E-state index in [1.54, 1.807) is 11.3 Å². The van der Waals surface area contributed by atoms with Crippen molar-refractivity contribution in [3.63, 3.8) is 0 Å². The van der Waals surface area contributed by atoms with Crippen molar-refractivity contribution in [1.82, 2.24) is 15.2 Å². The molecule has 1 fully saturated rings. The third-order valence-electron chi connectivity index (χ3n) is 7.11. The molecule has 2 unspecified atom stereocenters. The summed E-state index contributed by atoms with van der Waals surface area (Å²) < 4.78 is 11.4. The van der Waals surface area contributed by atoms with Gasteiger partial charge in [0.15, 0.2) is 0 Å². The van der Waals surface area contributed by atoms with Gasteiger partial charge in [0.1, 0.15) is 17.4 Å². The highest BCUT2D eigenvalue weighted by atomic mass is 32.1. The number of amides is 1. The van der Waals surface area contributed by atoms with E-state index in [1.165, 1.54) is 24.3 Å². The second-order valence-corrected chi connectivity index (χ2v) is 10.8. The number of fused-ring (bicyclic) bond motifs is 1. The molecule has 38 heavy (non-hydrogen) atoms. The van der Waals surface area contributed by atoms with Crippen LogP contribution in [0.15, 0.2) is 54.6 Å². The predicted molar refractivity (Wildman–Crippen MR) is 155 cm³/mol. The van der Waals surface area contributed by atoms with Gasteiger partial charge in [0, 0.05) is 23.0 Å². The summed E-state index contributed by atoms with van der Waals surface area (Å²) >= 11 is 1.72. The normalized spacial score (nSPS) is 18.7. The molecule has 1 aromatic heterocycles. The first kappa shape index (κ1) is 28.1. The van der Waals surface area contributed by atoms with Crippen LogP contribution in [-0.2, 0) is 17.8 Å². The van der Waals surface area contributed by atoms with Crippen LogP contribution in [0.3, 0.4) is 0 Å². The van der Waals surface area contributed by atoms with Crippen molar-refractivity contribution in [2.45, 2.75) is 78.0 Å². The highest BCUT2D eigenvalue weighted by Crippen LogP contribution is 2.37. The number of ether oxygens (including phenoxy) is 2. The molecule has 1 saturated heterocycles. The highest BCUT2D eigenvalue weighted by molar-refractivity contribution is 7.15. The zero-order chi connectivity index (χ0) is 26.7. The second kappa shape index (κ2) is 14.3. The molecule has 0 saturated carbocycles. The lowest BCUT2D eigenvalue weighted by atomic mass is 9.98. The number of hydrogen-bond acceptors (Lipinski definition) is 6. The Morgan fingerprint density at radius 3 is 2.61 bits per heavy atom. The molecule has 3 aromatic rings. The van der Waals surface area contributed by atoms with E-state index in [1.807, 2.05) is 56.3 Å². The summed E-state index contributed by atoms with van der Waals surface area (Å²) in [6.45, 7) is 9.65. The van der Waals surface area contributed by atoms with Crippen LogP contribution in [0.5, 0.6) is 5.75 Å². The molecular formula is C31H41N3O3S. The summed E-state index contributed by atoms with van der Waals surface area (Å²) in [4.78, 5) is 21.2. The van der Waals surface area contributed by atoms with E-state index in [0.29, 0.717) is 6.04 Å². The zero-order valence-electron chi connectivity index (χ0n) is 22.9. The molecule has 0 spiro atoms. The van der Waals surface area contributed by atoms with E-state index in [2.05, 4.69) is 29.3 Å². The second-order valence-electron chi connectivity index (χ2n) is 9.73. The van der Waals surface area contributed by atoms with Crippen LogP contribution in [-0.4, -0.2) is 41.7 Å². The Bertz CT molecular complexity index is 1130. The van der Waals surface area contributed by atoms with Gasteiger partial charge in [0.2, 0.25) is 0 Å². The molecule has 6 nitrogen and oxygen atoms in total. The van der Waals surface area contributed by atoms with Crippen molar-refractivity contribution in [1.29, 1.82) is 0 Å². The fourth-order valence-electron chi connectivity index (χ4n) is 5.07. The van der Waals surface area contributed by atoms with E-state index in [-0.39, 0.29) is 12.6 Å². The molecule has 0 radical (unpaired) electrons. The SMILES string of the molecule is CC.CC1CCCN1CCCOc1ccc(-c2nc3c(s2)CCCC3NC(=O)OCc2ccccc2)cc1. The molecule has 1 aliphatic heterocycles. The summed E-state index contributed by atoms with van der Waals surface area (Å²) in [7, 11) is 0. The number of likely N-dealkylation sites (tertiary alicyclic amines) is 1. The zero-order valence-corrected chi connectivity index (χ0v) is 23.8. The first-order chi connectivity index (χ1) is 18.7. The average Bonchev–Trinajstić information content (AvgIpc) is 3.59. The molecule has 2 aromatic carbocycles. The van der Waals surface area contributed by atoms with Crippen molar-refractivity contribution in [3.05, 3.63) is 70.7 Å². The number of carbonyl (C=O) groups excluding carboxylic acids is 1. The van der Waals surface area contributed by atoms with Crippen LogP contribution in [0.2, 0.25) is 0 Å². The van der Waals surface area contributed by atoms with Gasteiger partial charge >= 0.3 is 6.09 Å². The fourth-order valence-corrected chi connectivity index (χ4v) is 6.24. The van der Waals surface area contributed by atoms with Crippen molar-refractivity contribution in [2.75, 3.05) is 19.7 Å². The molecule has 1 N–H and O–H groups in total. The monoisotopic (exact) mass is 535 g/mol. The van der Waals surface area contributed by atoms with Gasteiger partial charge in [-0.3, -0.25) is 0 Å². The van der Waals surface area contributed by atoms with E-state index < -0.39 is 6.09 Å². The number of thiazole rings is 1. The Kier molecular flexibility index (Phi) is 10.6. The minimum Gasteiger partial charge on any atom is -0.494 e. The fraction of sp³-hybridized carbons (Fsp3) is 0.484. The first-order valence-corrected chi connectivity index (χ1v) is 14.9. The topological polar surface area (TPSA) is 63.7 Å². The maximum Gasteiger partial charge on any atom is 0.408 e. The summed E-state index contributed by atoms with van der Waals surface area (Å²) in [5, 5.41) is 4.02. The van der Waals surface area contributed by atoms with Crippen molar-refractivity contribution >= 4 is 17.4 Å². The lowest BCUT2D eigenvalue weighted by molar-refractivity contribution is 0.134. The van der Waals surface area contributed by atoms with Crippen LogP contribution < -0.4 is 10.1 Å². The van der Waals surface area contributed by atoms with Gasteiger partial charge in [-0.05, 0) is 81.8 Å². The van der Waals surface area contributed by atoms with Crippen molar-refractivity contribution in [2.24, 2.45) is 0 Å². The van der Waals surface area contributed by atoms with Crippen LogP contribution in [0, 0.1) is 0 Å². The molecule has 1 amide bonds. The van der Waals surface area contributed by atoms with Crippen molar-refractivity contribution < 1.29 is 14.3 Å². The van der Waals surface area contributed by atoms with Gasteiger partial charge in [-0.2, -0.15) is 0 Å². The third-order valence-corrected chi connectivity index (χ3v) is 8.29. The van der Waals surface area contributed by atoms with E-state index >= 15 is 0 Å². The molecule has 7 heteroatoms. The number of rotatable bonds is 9. The standard InChI is InChI=1S/C29H35N3O3S.C2H6/c1-21-8-6-17-32(21)18-7-19-34-24-15-13-23(14-16-24)28-31-27-25(11-5-12-26(27)36-28)30-29(33)35-20-22-9-3-2-4-10-22;1-2/h2-4,9-10,13-16,21,25H,5-8,11-12,17-20H2,1H3,(H,30,33);1-2H3. The number of alkyl carbamates (subject to hydrolysis) is 1. The maximum absolute atomic E-state index is 12.4. The molecule has 2 atom stereocenters. The smallest absolute Gasteiger partial charge is 0.408 e. The number of nitrogens with zero attached hydrogens (tertiary/aromatic N) is 2.